The van der Waals surface area contributed by atoms with E-state index in [2.05, 4.69) is 10.6 Å². The maximum absolute atomic E-state index is 11.3. The van der Waals surface area contributed by atoms with Crippen molar-refractivity contribution in [3.63, 3.8) is 0 Å². The van der Waals surface area contributed by atoms with Crippen LogP contribution in [0.15, 0.2) is 0 Å². The first-order valence-electron chi connectivity index (χ1n) is 4.36. The van der Waals surface area contributed by atoms with E-state index in [-0.39, 0.29) is 11.8 Å². The molecule has 0 aromatic rings. The molecule has 3 nitrogen and oxygen atoms in total. The van der Waals surface area contributed by atoms with Crippen LogP contribution in [-0.4, -0.2) is 25.5 Å². The molecule has 0 aromatic carbocycles. The summed E-state index contributed by atoms with van der Waals surface area (Å²) in [5.74, 6) is 1.18. The van der Waals surface area contributed by atoms with E-state index in [1.807, 2.05) is 0 Å². The molecule has 2 rings (SSSR count). The molecule has 2 fully saturated rings. The van der Waals surface area contributed by atoms with Gasteiger partial charge in [-0.1, -0.05) is 0 Å². The maximum atomic E-state index is 11.3. The van der Waals surface area contributed by atoms with Gasteiger partial charge >= 0.3 is 0 Å². The molecule has 0 bridgehead atoms. The van der Waals surface area contributed by atoms with Crippen LogP contribution in [0.4, 0.5) is 0 Å². The minimum atomic E-state index is 0.258. The Kier molecular flexibility index (Phi) is 1.82. The number of carbonyl (C=O) groups excluding carboxylic acids is 1. The number of rotatable bonds is 0. The second-order valence-corrected chi connectivity index (χ2v) is 3.44. The van der Waals surface area contributed by atoms with Gasteiger partial charge in [0.15, 0.2) is 0 Å². The van der Waals surface area contributed by atoms with Crippen LogP contribution >= 0.6 is 0 Å². The van der Waals surface area contributed by atoms with Crippen LogP contribution in [0.2, 0.25) is 0 Å². The normalized spacial score (nSPS) is 37.6. The van der Waals surface area contributed by atoms with Crippen LogP contribution < -0.4 is 10.6 Å². The highest BCUT2D eigenvalue weighted by Gasteiger charge is 2.33. The van der Waals surface area contributed by atoms with E-state index in [4.69, 9.17) is 0 Å². The molecule has 62 valence electrons. The molecule has 11 heavy (non-hydrogen) atoms. The number of fused-ring (bicyclic) bond motifs is 1. The Labute approximate surface area is 66.5 Å². The Morgan fingerprint density at radius 3 is 2.91 bits per heavy atom. The highest BCUT2D eigenvalue weighted by molar-refractivity contribution is 5.80. The molecule has 0 spiro atoms. The van der Waals surface area contributed by atoms with E-state index in [0.29, 0.717) is 5.92 Å². The summed E-state index contributed by atoms with van der Waals surface area (Å²) >= 11 is 0. The Bertz CT molecular complexity index is 167. The first-order valence-corrected chi connectivity index (χ1v) is 4.36. The third-order valence-corrected chi connectivity index (χ3v) is 2.78. The minimum absolute atomic E-state index is 0.258. The average molecular weight is 154 g/mol. The van der Waals surface area contributed by atoms with E-state index in [9.17, 15) is 4.79 Å². The number of carbonyl (C=O) groups is 1. The predicted octanol–water partition coefficient (Wildman–Crippen LogP) is -0.268. The molecule has 0 aromatic heterocycles. The van der Waals surface area contributed by atoms with E-state index < -0.39 is 0 Å². The quantitative estimate of drug-likeness (QED) is 0.504. The molecule has 0 aliphatic carbocycles. The fourth-order valence-electron chi connectivity index (χ4n) is 2.08. The van der Waals surface area contributed by atoms with Crippen molar-refractivity contribution in [3.05, 3.63) is 0 Å². The van der Waals surface area contributed by atoms with Gasteiger partial charge in [-0.3, -0.25) is 4.79 Å². The van der Waals surface area contributed by atoms with Gasteiger partial charge in [-0.2, -0.15) is 0 Å². The molecule has 0 saturated carbocycles. The molecule has 2 aliphatic heterocycles. The van der Waals surface area contributed by atoms with Crippen molar-refractivity contribution in [3.8, 4) is 0 Å². The summed E-state index contributed by atoms with van der Waals surface area (Å²) in [7, 11) is 0. The third kappa shape index (κ3) is 1.25. The Morgan fingerprint density at radius 1 is 1.27 bits per heavy atom. The standard InChI is InChI=1S/C8H14N2O/c11-8-7-5-9-3-1-6(7)2-4-10-8/h6-7,9H,1-5H2,(H,10,11). The zero-order valence-electron chi connectivity index (χ0n) is 6.60. The molecule has 2 saturated heterocycles. The Balaban J connectivity index is 2.05. The maximum Gasteiger partial charge on any atom is 0.224 e. The van der Waals surface area contributed by atoms with Gasteiger partial charge in [0.2, 0.25) is 5.91 Å². The van der Waals surface area contributed by atoms with Gasteiger partial charge in [0.1, 0.15) is 0 Å². The second-order valence-electron chi connectivity index (χ2n) is 3.44. The summed E-state index contributed by atoms with van der Waals surface area (Å²) in [6.45, 7) is 2.87. The summed E-state index contributed by atoms with van der Waals surface area (Å²) in [5.41, 5.74) is 0. The van der Waals surface area contributed by atoms with Crippen LogP contribution in [-0.2, 0) is 4.79 Å². The lowest BCUT2D eigenvalue weighted by atomic mass is 9.81. The van der Waals surface area contributed by atoms with Crippen molar-refractivity contribution in [1.82, 2.24) is 10.6 Å². The molecule has 1 amide bonds. The van der Waals surface area contributed by atoms with Crippen molar-refractivity contribution < 1.29 is 4.79 Å². The van der Waals surface area contributed by atoms with Crippen LogP contribution in [0.25, 0.3) is 0 Å². The molecule has 2 unspecified atom stereocenters. The highest BCUT2D eigenvalue weighted by Crippen LogP contribution is 2.24. The van der Waals surface area contributed by atoms with Crippen LogP contribution in [0.1, 0.15) is 12.8 Å². The highest BCUT2D eigenvalue weighted by atomic mass is 16.2. The Morgan fingerprint density at radius 2 is 2.09 bits per heavy atom. The number of hydrogen-bond donors (Lipinski definition) is 2. The lowest BCUT2D eigenvalue weighted by molar-refractivity contribution is -0.129. The van der Waals surface area contributed by atoms with Gasteiger partial charge in [0.05, 0.1) is 5.92 Å². The topological polar surface area (TPSA) is 41.1 Å². The fourth-order valence-corrected chi connectivity index (χ4v) is 2.08. The van der Waals surface area contributed by atoms with Crippen molar-refractivity contribution in [2.24, 2.45) is 11.8 Å². The van der Waals surface area contributed by atoms with Gasteiger partial charge < -0.3 is 10.6 Å². The SMILES string of the molecule is O=C1NCCC2CCNCC12. The smallest absolute Gasteiger partial charge is 0.224 e. The van der Waals surface area contributed by atoms with Crippen LogP contribution in [0.3, 0.4) is 0 Å². The van der Waals surface area contributed by atoms with Crippen molar-refractivity contribution in [2.45, 2.75) is 12.8 Å². The van der Waals surface area contributed by atoms with E-state index in [0.717, 1.165) is 19.6 Å². The molecule has 2 atom stereocenters. The number of hydrogen-bond acceptors (Lipinski definition) is 2. The van der Waals surface area contributed by atoms with Crippen molar-refractivity contribution >= 4 is 5.91 Å². The van der Waals surface area contributed by atoms with Crippen molar-refractivity contribution in [2.75, 3.05) is 19.6 Å². The molecule has 3 heteroatoms. The third-order valence-electron chi connectivity index (χ3n) is 2.78. The number of piperidine rings is 2. The van der Waals surface area contributed by atoms with Gasteiger partial charge in [0.25, 0.3) is 0 Å². The summed E-state index contributed by atoms with van der Waals surface area (Å²) in [5, 5.41) is 6.16. The molecule has 0 radical (unpaired) electrons. The van der Waals surface area contributed by atoms with E-state index >= 15 is 0 Å². The summed E-state index contributed by atoms with van der Waals surface area (Å²) in [6.07, 6.45) is 2.36. The molecular formula is C8H14N2O. The molecule has 2 N–H and O–H groups in total. The molecule has 2 heterocycles. The second kappa shape index (κ2) is 2.81. The average Bonchev–Trinajstić information content (AvgIpc) is 2.06. The van der Waals surface area contributed by atoms with Crippen molar-refractivity contribution in [1.29, 1.82) is 0 Å². The van der Waals surface area contributed by atoms with Gasteiger partial charge in [-0.25, -0.2) is 0 Å². The monoisotopic (exact) mass is 154 g/mol. The minimum Gasteiger partial charge on any atom is -0.356 e. The van der Waals surface area contributed by atoms with Crippen LogP contribution in [0.5, 0.6) is 0 Å². The predicted molar refractivity (Wildman–Crippen MR) is 42.1 cm³/mol. The van der Waals surface area contributed by atoms with Crippen LogP contribution in [0, 0.1) is 11.8 Å². The molecular weight excluding hydrogens is 140 g/mol. The van der Waals surface area contributed by atoms with E-state index in [1.165, 1.54) is 12.8 Å². The first-order chi connectivity index (χ1) is 5.38. The number of nitrogens with one attached hydrogen (secondary N) is 2. The van der Waals surface area contributed by atoms with E-state index in [1.54, 1.807) is 0 Å². The fraction of sp³-hybridized carbons (Fsp3) is 0.875. The largest absolute Gasteiger partial charge is 0.356 e. The summed E-state index contributed by atoms with van der Waals surface area (Å²) in [4.78, 5) is 11.3. The zero-order valence-corrected chi connectivity index (χ0v) is 6.60. The van der Waals surface area contributed by atoms with Gasteiger partial charge in [-0.05, 0) is 25.3 Å². The first kappa shape index (κ1) is 7.10. The summed E-state index contributed by atoms with van der Waals surface area (Å²) < 4.78 is 0. The zero-order chi connectivity index (χ0) is 7.68. The lowest BCUT2D eigenvalue weighted by Crippen LogP contribution is -2.50. The van der Waals surface area contributed by atoms with Gasteiger partial charge in [-0.15, -0.1) is 0 Å². The lowest BCUT2D eigenvalue weighted by Gasteiger charge is -2.34. The Hall–Kier alpha value is -0.570. The van der Waals surface area contributed by atoms with Gasteiger partial charge in [0, 0.05) is 13.1 Å². The number of amides is 1. The molecule has 2 aliphatic rings. The summed E-state index contributed by atoms with van der Waals surface area (Å²) in [6, 6.07) is 0.